The van der Waals surface area contributed by atoms with Crippen molar-refractivity contribution in [2.45, 2.75) is 45.6 Å². The number of nitrogens with one attached hydrogen (secondary N) is 2. The normalized spacial score (nSPS) is 18.0. The summed E-state index contributed by atoms with van der Waals surface area (Å²) in [5.74, 6) is 1.57. The van der Waals surface area contributed by atoms with Crippen LogP contribution in [-0.4, -0.2) is 50.1 Å². The van der Waals surface area contributed by atoms with E-state index in [4.69, 9.17) is 0 Å². The lowest BCUT2D eigenvalue weighted by Crippen LogP contribution is -2.49. The van der Waals surface area contributed by atoms with Crippen LogP contribution in [0.3, 0.4) is 0 Å². The predicted octanol–water partition coefficient (Wildman–Crippen LogP) is 3.58. The Morgan fingerprint density at radius 2 is 2.17 bits per heavy atom. The summed E-state index contributed by atoms with van der Waals surface area (Å²) < 4.78 is 0. The highest BCUT2D eigenvalue weighted by molar-refractivity contribution is 14.0. The van der Waals surface area contributed by atoms with E-state index in [1.54, 1.807) is 0 Å². The lowest BCUT2D eigenvalue weighted by atomic mass is 10.0. The van der Waals surface area contributed by atoms with Crippen LogP contribution in [-0.2, 0) is 6.42 Å². The Morgan fingerprint density at radius 1 is 1.42 bits per heavy atom. The van der Waals surface area contributed by atoms with Gasteiger partial charge in [0.2, 0.25) is 0 Å². The van der Waals surface area contributed by atoms with Crippen LogP contribution < -0.4 is 10.6 Å². The van der Waals surface area contributed by atoms with Crippen LogP contribution in [0, 0.1) is 5.92 Å². The average Bonchev–Trinajstić information content (AvgIpc) is 3.06. The molecule has 0 aliphatic carbocycles. The lowest BCUT2D eigenvalue weighted by molar-refractivity contribution is 0.206. The Morgan fingerprint density at radius 3 is 2.75 bits per heavy atom. The smallest absolute Gasteiger partial charge is 0.191 e. The molecule has 2 heterocycles. The second-order valence-electron chi connectivity index (χ2n) is 6.60. The molecule has 0 radical (unpaired) electrons. The first-order valence-corrected chi connectivity index (χ1v) is 9.81. The third kappa shape index (κ3) is 7.70. The number of thiophene rings is 1. The summed E-state index contributed by atoms with van der Waals surface area (Å²) >= 11 is 1.85. The zero-order chi connectivity index (χ0) is 16.5. The van der Waals surface area contributed by atoms with Crippen LogP contribution in [0.5, 0.6) is 0 Å². The van der Waals surface area contributed by atoms with Gasteiger partial charge in [-0.1, -0.05) is 19.9 Å². The second-order valence-corrected chi connectivity index (χ2v) is 7.63. The maximum atomic E-state index is 4.39. The molecule has 1 aliphatic heterocycles. The van der Waals surface area contributed by atoms with Gasteiger partial charge in [0.05, 0.1) is 0 Å². The average molecular weight is 464 g/mol. The van der Waals surface area contributed by atoms with Crippen LogP contribution in [0.1, 0.15) is 38.0 Å². The van der Waals surface area contributed by atoms with Crippen molar-refractivity contribution in [1.82, 2.24) is 15.5 Å². The molecule has 1 aromatic rings. The number of hydrogen-bond donors (Lipinski definition) is 2. The molecule has 0 aromatic carbocycles. The van der Waals surface area contributed by atoms with E-state index in [-0.39, 0.29) is 24.0 Å². The van der Waals surface area contributed by atoms with Crippen molar-refractivity contribution in [3.63, 3.8) is 0 Å². The van der Waals surface area contributed by atoms with Crippen molar-refractivity contribution in [2.24, 2.45) is 10.9 Å². The molecule has 0 amide bonds. The molecule has 2 N–H and O–H groups in total. The molecule has 1 fully saturated rings. The monoisotopic (exact) mass is 464 g/mol. The zero-order valence-corrected chi connectivity index (χ0v) is 18.4. The fraction of sp³-hybridized carbons (Fsp3) is 0.722. The second kappa shape index (κ2) is 12.1. The van der Waals surface area contributed by atoms with Crippen LogP contribution in [0.15, 0.2) is 22.5 Å². The van der Waals surface area contributed by atoms with Gasteiger partial charge in [-0.2, -0.15) is 0 Å². The Bertz CT molecular complexity index is 456. The lowest BCUT2D eigenvalue weighted by Gasteiger charge is -2.33. The molecule has 0 bridgehead atoms. The summed E-state index contributed by atoms with van der Waals surface area (Å²) in [7, 11) is 1.87. The van der Waals surface area contributed by atoms with Gasteiger partial charge in [-0.3, -0.25) is 4.99 Å². The van der Waals surface area contributed by atoms with Crippen molar-refractivity contribution in [3.8, 4) is 0 Å². The maximum Gasteiger partial charge on any atom is 0.191 e. The summed E-state index contributed by atoms with van der Waals surface area (Å²) in [6.07, 6.45) is 4.82. The number of rotatable bonds is 7. The van der Waals surface area contributed by atoms with Gasteiger partial charge in [0, 0.05) is 37.6 Å². The molecule has 0 spiro atoms. The first kappa shape index (κ1) is 21.7. The first-order chi connectivity index (χ1) is 11.2. The molecule has 1 atom stereocenters. The van der Waals surface area contributed by atoms with Crippen LogP contribution in [0.4, 0.5) is 0 Å². The highest BCUT2D eigenvalue weighted by atomic mass is 127. The zero-order valence-electron chi connectivity index (χ0n) is 15.3. The van der Waals surface area contributed by atoms with Gasteiger partial charge < -0.3 is 15.5 Å². The molecule has 1 aromatic heterocycles. The third-order valence-corrected chi connectivity index (χ3v) is 5.34. The Kier molecular flexibility index (Phi) is 10.9. The number of likely N-dealkylation sites (tertiary alicyclic amines) is 1. The Hall–Kier alpha value is -0.340. The molecular formula is C18H33IN4S. The van der Waals surface area contributed by atoms with Gasteiger partial charge in [0.1, 0.15) is 0 Å². The van der Waals surface area contributed by atoms with E-state index in [0.717, 1.165) is 18.9 Å². The maximum absolute atomic E-state index is 4.39. The fourth-order valence-electron chi connectivity index (χ4n) is 3.12. The van der Waals surface area contributed by atoms with Crippen LogP contribution in [0.25, 0.3) is 0 Å². The van der Waals surface area contributed by atoms with Crippen molar-refractivity contribution in [1.29, 1.82) is 0 Å². The minimum atomic E-state index is 0. The van der Waals surface area contributed by atoms with Gasteiger partial charge in [-0.25, -0.2) is 0 Å². The van der Waals surface area contributed by atoms with Crippen LogP contribution >= 0.6 is 35.3 Å². The van der Waals surface area contributed by atoms with Gasteiger partial charge in [0.15, 0.2) is 5.96 Å². The van der Waals surface area contributed by atoms with Crippen molar-refractivity contribution in [3.05, 3.63) is 22.4 Å². The highest BCUT2D eigenvalue weighted by Gasteiger charge is 2.19. The SMILES string of the molecule is CCCN1CCC(NC(=NC)NCC(C)Cc2cccs2)CC1.I. The van der Waals surface area contributed by atoms with E-state index in [1.165, 1.54) is 43.8 Å². The standard InChI is InChI=1S/C18H32N4S.HI/c1-4-9-22-10-7-16(8-11-22)21-18(19-3)20-14-15(2)13-17-6-5-12-23-17;/h5-6,12,15-16H,4,7-11,13-14H2,1-3H3,(H2,19,20,21);1H. The van der Waals surface area contributed by atoms with E-state index < -0.39 is 0 Å². The quantitative estimate of drug-likeness (QED) is 0.368. The third-order valence-electron chi connectivity index (χ3n) is 4.44. The molecule has 6 heteroatoms. The van der Waals surface area contributed by atoms with Gasteiger partial charge in [-0.05, 0) is 49.6 Å². The Balaban J connectivity index is 0.00000288. The van der Waals surface area contributed by atoms with Crippen molar-refractivity contribution in [2.75, 3.05) is 33.2 Å². The minimum Gasteiger partial charge on any atom is -0.356 e. The first-order valence-electron chi connectivity index (χ1n) is 8.93. The highest BCUT2D eigenvalue weighted by Crippen LogP contribution is 2.14. The van der Waals surface area contributed by atoms with E-state index in [2.05, 4.69) is 51.9 Å². The van der Waals surface area contributed by atoms with Crippen molar-refractivity contribution < 1.29 is 0 Å². The van der Waals surface area contributed by atoms with E-state index >= 15 is 0 Å². The molecule has 0 saturated carbocycles. The molecule has 1 aliphatic rings. The molecular weight excluding hydrogens is 431 g/mol. The Labute approximate surface area is 168 Å². The number of guanidine groups is 1. The molecule has 138 valence electrons. The largest absolute Gasteiger partial charge is 0.356 e. The number of piperidine rings is 1. The van der Waals surface area contributed by atoms with E-state index in [9.17, 15) is 0 Å². The molecule has 1 saturated heterocycles. The minimum absolute atomic E-state index is 0. The number of nitrogens with zero attached hydrogens (tertiary/aromatic N) is 2. The summed E-state index contributed by atoms with van der Waals surface area (Å²) in [6.45, 7) is 9.16. The summed E-state index contributed by atoms with van der Waals surface area (Å²) in [5, 5.41) is 9.25. The fourth-order valence-corrected chi connectivity index (χ4v) is 3.99. The molecule has 4 nitrogen and oxygen atoms in total. The van der Waals surface area contributed by atoms with Crippen LogP contribution in [0.2, 0.25) is 0 Å². The summed E-state index contributed by atoms with van der Waals surface area (Å²) in [4.78, 5) is 8.42. The van der Waals surface area contributed by atoms with Gasteiger partial charge in [0.25, 0.3) is 0 Å². The molecule has 24 heavy (non-hydrogen) atoms. The van der Waals surface area contributed by atoms with Gasteiger partial charge in [-0.15, -0.1) is 35.3 Å². The van der Waals surface area contributed by atoms with Crippen molar-refractivity contribution >= 4 is 41.3 Å². The number of halogens is 1. The molecule has 1 unspecified atom stereocenters. The number of aliphatic imine (C=N–C) groups is 1. The van der Waals surface area contributed by atoms with E-state index in [1.807, 2.05) is 18.4 Å². The predicted molar refractivity (Wildman–Crippen MR) is 117 cm³/mol. The van der Waals surface area contributed by atoms with E-state index in [0.29, 0.717) is 12.0 Å². The number of hydrogen-bond acceptors (Lipinski definition) is 3. The molecule has 2 rings (SSSR count). The van der Waals surface area contributed by atoms with Gasteiger partial charge >= 0.3 is 0 Å². The summed E-state index contributed by atoms with van der Waals surface area (Å²) in [6, 6.07) is 4.91. The topological polar surface area (TPSA) is 39.7 Å². The summed E-state index contributed by atoms with van der Waals surface area (Å²) in [5.41, 5.74) is 0.